The van der Waals surface area contributed by atoms with Crippen LogP contribution in [-0.2, 0) is 0 Å². The molecule has 1 aromatic carbocycles. The van der Waals surface area contributed by atoms with Gasteiger partial charge in [0.2, 0.25) is 5.95 Å². The van der Waals surface area contributed by atoms with E-state index in [9.17, 15) is 14.9 Å². The number of nitro benzene ring substituents is 1. The van der Waals surface area contributed by atoms with Crippen LogP contribution in [0.3, 0.4) is 0 Å². The fraction of sp³-hybridized carbons (Fsp3) is 0.267. The van der Waals surface area contributed by atoms with Crippen LogP contribution in [0.15, 0.2) is 36.7 Å². The predicted molar refractivity (Wildman–Crippen MR) is 88.8 cm³/mol. The molecular weight excluding hydrogens is 328 g/mol. The zero-order valence-electron chi connectivity index (χ0n) is 13.2. The molecule has 0 atom stereocenters. The zero-order chi connectivity index (χ0) is 17.8. The number of carbonyl (C=O) groups excluding carboxylic acids is 1. The summed E-state index contributed by atoms with van der Waals surface area (Å²) in [6.45, 7) is 2.37. The van der Waals surface area contributed by atoms with Gasteiger partial charge in [-0.3, -0.25) is 20.1 Å². The van der Waals surface area contributed by atoms with Crippen molar-refractivity contribution in [3.8, 4) is 0 Å². The number of aromatic nitrogens is 2. The Bertz CT molecular complexity index is 777. The fourth-order valence-electron chi connectivity index (χ4n) is 2.74. The predicted octanol–water partition coefficient (Wildman–Crippen LogP) is 0.830. The summed E-state index contributed by atoms with van der Waals surface area (Å²) in [5.74, 6) is -0.160. The molecule has 2 heterocycles. The van der Waals surface area contributed by atoms with E-state index in [2.05, 4.69) is 9.97 Å². The maximum Gasteiger partial charge on any atom is 0.293 e. The standard InChI is InChI=1S/C15H16N6O4/c22-14(18-23)11-2-3-12(13(10-11)21(24)25)19-6-8-20(9-7-19)15-16-4-1-5-17-15/h1-5,10,23H,6-9H2,(H,18,22). The van der Waals surface area contributed by atoms with Crippen molar-refractivity contribution in [3.05, 3.63) is 52.3 Å². The number of hydrogen-bond donors (Lipinski definition) is 2. The lowest BCUT2D eigenvalue weighted by Crippen LogP contribution is -2.47. The number of nitro groups is 1. The minimum atomic E-state index is -0.791. The number of nitrogens with one attached hydrogen (secondary N) is 1. The number of carbonyl (C=O) groups is 1. The monoisotopic (exact) mass is 344 g/mol. The van der Waals surface area contributed by atoms with Crippen molar-refractivity contribution in [2.45, 2.75) is 0 Å². The van der Waals surface area contributed by atoms with Crippen LogP contribution in [0.4, 0.5) is 17.3 Å². The van der Waals surface area contributed by atoms with E-state index >= 15 is 0 Å². The molecule has 0 bridgehead atoms. The van der Waals surface area contributed by atoms with Crippen molar-refractivity contribution in [1.29, 1.82) is 0 Å². The van der Waals surface area contributed by atoms with Gasteiger partial charge in [0, 0.05) is 50.2 Å². The summed E-state index contributed by atoms with van der Waals surface area (Å²) in [5, 5.41) is 20.0. The Morgan fingerprint density at radius 3 is 2.40 bits per heavy atom. The molecule has 1 amide bonds. The smallest absolute Gasteiger partial charge is 0.293 e. The first-order valence-electron chi connectivity index (χ1n) is 7.60. The van der Waals surface area contributed by atoms with Crippen LogP contribution in [0.2, 0.25) is 0 Å². The van der Waals surface area contributed by atoms with Gasteiger partial charge in [-0.15, -0.1) is 0 Å². The summed E-state index contributed by atoms with van der Waals surface area (Å²) >= 11 is 0. The average Bonchev–Trinajstić information content (AvgIpc) is 2.67. The molecule has 25 heavy (non-hydrogen) atoms. The Morgan fingerprint density at radius 1 is 1.16 bits per heavy atom. The summed E-state index contributed by atoms with van der Waals surface area (Å²) in [7, 11) is 0. The number of piperazine rings is 1. The van der Waals surface area contributed by atoms with Gasteiger partial charge in [-0.1, -0.05) is 0 Å². The second-order valence-corrected chi connectivity index (χ2v) is 5.42. The lowest BCUT2D eigenvalue weighted by Gasteiger charge is -2.35. The molecule has 10 heteroatoms. The number of rotatable bonds is 4. The molecule has 1 saturated heterocycles. The highest BCUT2D eigenvalue weighted by molar-refractivity contribution is 5.95. The van der Waals surface area contributed by atoms with Gasteiger partial charge in [-0.25, -0.2) is 15.4 Å². The number of hydroxylamine groups is 1. The second kappa shape index (κ2) is 7.09. The Labute approximate surface area is 142 Å². The largest absolute Gasteiger partial charge is 0.362 e. The van der Waals surface area contributed by atoms with Crippen molar-refractivity contribution >= 4 is 23.2 Å². The minimum Gasteiger partial charge on any atom is -0.362 e. The van der Waals surface area contributed by atoms with Crippen molar-refractivity contribution in [3.63, 3.8) is 0 Å². The number of nitrogens with zero attached hydrogens (tertiary/aromatic N) is 5. The normalized spacial score (nSPS) is 14.3. The minimum absolute atomic E-state index is 0.0225. The van der Waals surface area contributed by atoms with Crippen LogP contribution in [0, 0.1) is 10.1 Å². The summed E-state index contributed by atoms with van der Waals surface area (Å²) in [6, 6.07) is 5.87. The first kappa shape index (κ1) is 16.6. The van der Waals surface area contributed by atoms with Gasteiger partial charge in [-0.05, 0) is 18.2 Å². The summed E-state index contributed by atoms with van der Waals surface area (Å²) in [5.41, 5.74) is 1.76. The molecule has 1 fully saturated rings. The first-order valence-corrected chi connectivity index (χ1v) is 7.60. The SMILES string of the molecule is O=C(NO)c1ccc(N2CCN(c3ncccn3)CC2)c([N+](=O)[O-])c1. The van der Waals surface area contributed by atoms with Crippen molar-refractivity contribution < 1.29 is 14.9 Å². The second-order valence-electron chi connectivity index (χ2n) is 5.42. The molecule has 2 N–H and O–H groups in total. The van der Waals surface area contributed by atoms with Gasteiger partial charge in [0.05, 0.1) is 4.92 Å². The van der Waals surface area contributed by atoms with E-state index in [0.29, 0.717) is 37.8 Å². The van der Waals surface area contributed by atoms with Crippen molar-refractivity contribution in [2.24, 2.45) is 0 Å². The van der Waals surface area contributed by atoms with E-state index < -0.39 is 10.8 Å². The number of benzene rings is 1. The molecule has 1 aliphatic heterocycles. The van der Waals surface area contributed by atoms with Crippen molar-refractivity contribution in [2.75, 3.05) is 36.0 Å². The molecule has 0 unspecified atom stereocenters. The molecule has 3 rings (SSSR count). The third-order valence-electron chi connectivity index (χ3n) is 3.99. The molecule has 2 aromatic rings. The number of amides is 1. The molecule has 1 aliphatic rings. The highest BCUT2D eigenvalue weighted by atomic mass is 16.6. The maximum absolute atomic E-state index is 11.5. The van der Waals surface area contributed by atoms with Crippen molar-refractivity contribution in [1.82, 2.24) is 15.4 Å². The van der Waals surface area contributed by atoms with Gasteiger partial charge in [0.1, 0.15) is 5.69 Å². The Hall–Kier alpha value is -3.27. The molecule has 0 aliphatic carbocycles. The molecular formula is C15H16N6O4. The van der Waals surface area contributed by atoms with Crippen LogP contribution >= 0.6 is 0 Å². The maximum atomic E-state index is 11.5. The molecule has 130 valence electrons. The zero-order valence-corrected chi connectivity index (χ0v) is 13.2. The highest BCUT2D eigenvalue weighted by Gasteiger charge is 2.25. The van der Waals surface area contributed by atoms with Crippen LogP contribution in [-0.4, -0.2) is 52.2 Å². The molecule has 0 saturated carbocycles. The number of hydrogen-bond acceptors (Lipinski definition) is 8. The summed E-state index contributed by atoms with van der Waals surface area (Å²) in [6.07, 6.45) is 3.34. The third-order valence-corrected chi connectivity index (χ3v) is 3.99. The Morgan fingerprint density at radius 2 is 1.80 bits per heavy atom. The number of anilines is 2. The van der Waals surface area contributed by atoms with Gasteiger partial charge in [0.25, 0.3) is 11.6 Å². The molecule has 0 spiro atoms. The average molecular weight is 344 g/mol. The quantitative estimate of drug-likeness (QED) is 0.475. The first-order chi connectivity index (χ1) is 12.1. The van der Waals surface area contributed by atoms with Crippen LogP contribution in [0.25, 0.3) is 0 Å². The van der Waals surface area contributed by atoms with E-state index in [4.69, 9.17) is 5.21 Å². The Balaban J connectivity index is 1.78. The molecule has 0 radical (unpaired) electrons. The summed E-state index contributed by atoms with van der Waals surface area (Å²) < 4.78 is 0. The Kier molecular flexibility index (Phi) is 4.70. The lowest BCUT2D eigenvalue weighted by molar-refractivity contribution is -0.384. The van der Waals surface area contributed by atoms with Gasteiger partial charge in [0.15, 0.2) is 0 Å². The van der Waals surface area contributed by atoms with E-state index in [0.717, 1.165) is 6.07 Å². The highest BCUT2D eigenvalue weighted by Crippen LogP contribution is 2.30. The van der Waals surface area contributed by atoms with E-state index in [1.807, 2.05) is 9.80 Å². The molecule has 1 aromatic heterocycles. The van der Waals surface area contributed by atoms with Gasteiger partial charge in [-0.2, -0.15) is 0 Å². The van der Waals surface area contributed by atoms with Crippen LogP contribution in [0.5, 0.6) is 0 Å². The van der Waals surface area contributed by atoms with E-state index in [1.165, 1.54) is 17.6 Å². The van der Waals surface area contributed by atoms with Gasteiger partial charge < -0.3 is 9.80 Å². The lowest BCUT2D eigenvalue weighted by atomic mass is 10.1. The van der Waals surface area contributed by atoms with Crippen LogP contribution in [0.1, 0.15) is 10.4 Å². The molecule has 10 nitrogen and oxygen atoms in total. The summed E-state index contributed by atoms with van der Waals surface area (Å²) in [4.78, 5) is 34.6. The van der Waals surface area contributed by atoms with Gasteiger partial charge >= 0.3 is 0 Å². The van der Waals surface area contributed by atoms with E-state index in [-0.39, 0.29) is 11.3 Å². The topological polar surface area (TPSA) is 125 Å². The van der Waals surface area contributed by atoms with E-state index in [1.54, 1.807) is 18.5 Å². The fourth-order valence-corrected chi connectivity index (χ4v) is 2.74. The third kappa shape index (κ3) is 3.48. The van der Waals surface area contributed by atoms with Crippen LogP contribution < -0.4 is 15.3 Å².